The summed E-state index contributed by atoms with van der Waals surface area (Å²) in [7, 11) is 0. The fraction of sp³-hybridized carbons (Fsp3) is 0.915. The average Bonchev–Trinajstić information content (AvgIpc) is 3.43. The molecule has 2 atom stereocenters. The molecule has 0 aromatic carbocycles. The predicted molar refractivity (Wildman–Crippen MR) is 338 cm³/mol. The molecule has 1 amide bonds. The lowest BCUT2D eigenvalue weighted by Gasteiger charge is -2.20. The Balaban J connectivity index is 3.41. The monoisotopic (exact) mass is 1080 g/mol. The maximum atomic E-state index is 12.5. The Bertz CT molecular complexity index is 1200. The quantitative estimate of drug-likeness (QED) is 0.0320. The first-order chi connectivity index (χ1) is 38.0. The van der Waals surface area contributed by atoms with Gasteiger partial charge in [-0.05, 0) is 57.8 Å². The Labute approximate surface area is 481 Å². The number of unbranched alkanes of at least 4 members (excludes halogenated alkanes) is 53. The van der Waals surface area contributed by atoms with Crippen molar-refractivity contribution in [2.75, 3.05) is 13.2 Å². The Morgan fingerprint density at radius 3 is 0.922 bits per heavy atom. The zero-order chi connectivity index (χ0) is 55.7. The fourth-order valence-corrected chi connectivity index (χ4v) is 11.1. The summed E-state index contributed by atoms with van der Waals surface area (Å²) in [5.74, 6) is -0.0481. The number of hydrogen-bond acceptors (Lipinski definition) is 5. The fourth-order valence-electron chi connectivity index (χ4n) is 11.1. The van der Waals surface area contributed by atoms with E-state index in [0.717, 1.165) is 38.5 Å². The highest BCUT2D eigenvalue weighted by Gasteiger charge is 2.18. The molecule has 0 aromatic heterocycles. The van der Waals surface area contributed by atoms with E-state index in [2.05, 4.69) is 31.3 Å². The Morgan fingerprint density at radius 2 is 0.610 bits per heavy atom. The van der Waals surface area contributed by atoms with Crippen LogP contribution in [0, 0.1) is 0 Å². The number of amides is 1. The largest absolute Gasteiger partial charge is 0.466 e. The molecule has 456 valence electrons. The molecule has 6 heteroatoms. The van der Waals surface area contributed by atoms with Crippen LogP contribution in [0.4, 0.5) is 0 Å². The molecule has 0 fully saturated rings. The smallest absolute Gasteiger partial charge is 0.305 e. The first-order valence-electron chi connectivity index (χ1n) is 35.1. The third-order valence-electron chi connectivity index (χ3n) is 16.5. The van der Waals surface area contributed by atoms with Gasteiger partial charge >= 0.3 is 5.97 Å². The van der Waals surface area contributed by atoms with E-state index in [1.165, 1.54) is 327 Å². The number of hydrogen-bond donors (Lipinski definition) is 3. The van der Waals surface area contributed by atoms with Gasteiger partial charge in [-0.1, -0.05) is 346 Å². The molecular weight excluding hydrogens is 947 g/mol. The van der Waals surface area contributed by atoms with Crippen LogP contribution in [0.5, 0.6) is 0 Å². The van der Waals surface area contributed by atoms with Gasteiger partial charge in [0.15, 0.2) is 0 Å². The molecular formula is C71H137NO5. The summed E-state index contributed by atoms with van der Waals surface area (Å²) in [6.07, 6.45) is 84.0. The molecule has 0 bridgehead atoms. The minimum Gasteiger partial charge on any atom is -0.466 e. The molecule has 2 unspecified atom stereocenters. The Morgan fingerprint density at radius 1 is 0.351 bits per heavy atom. The second-order valence-corrected chi connectivity index (χ2v) is 24.2. The number of allylic oxidation sites excluding steroid dienone is 3. The highest BCUT2D eigenvalue weighted by Crippen LogP contribution is 2.19. The number of ether oxygens (including phenoxy) is 1. The third kappa shape index (κ3) is 63.4. The molecule has 0 aliphatic rings. The summed E-state index contributed by atoms with van der Waals surface area (Å²) in [6, 6.07) is -0.628. The number of carbonyl (C=O) groups is 2. The lowest BCUT2D eigenvalue weighted by Crippen LogP contribution is -2.45. The van der Waals surface area contributed by atoms with E-state index >= 15 is 0 Å². The topological polar surface area (TPSA) is 95.9 Å². The zero-order valence-electron chi connectivity index (χ0n) is 52.2. The number of nitrogens with one attached hydrogen (secondary N) is 1. The molecule has 6 nitrogen and oxygen atoms in total. The minimum atomic E-state index is -0.845. The van der Waals surface area contributed by atoms with Crippen molar-refractivity contribution in [1.29, 1.82) is 0 Å². The van der Waals surface area contributed by atoms with Crippen molar-refractivity contribution < 1.29 is 24.5 Å². The molecule has 0 spiro atoms. The summed E-state index contributed by atoms with van der Waals surface area (Å²) >= 11 is 0. The van der Waals surface area contributed by atoms with Gasteiger partial charge in [0.2, 0.25) is 5.91 Å². The van der Waals surface area contributed by atoms with Gasteiger partial charge in [-0.2, -0.15) is 0 Å². The van der Waals surface area contributed by atoms with E-state index in [1.807, 2.05) is 6.08 Å². The second kappa shape index (κ2) is 66.8. The van der Waals surface area contributed by atoms with Crippen molar-refractivity contribution in [3.8, 4) is 0 Å². The van der Waals surface area contributed by atoms with E-state index in [4.69, 9.17) is 4.74 Å². The van der Waals surface area contributed by atoms with E-state index < -0.39 is 12.1 Å². The van der Waals surface area contributed by atoms with Gasteiger partial charge in [0.25, 0.3) is 0 Å². The van der Waals surface area contributed by atoms with E-state index in [9.17, 15) is 19.8 Å². The van der Waals surface area contributed by atoms with Crippen molar-refractivity contribution in [3.63, 3.8) is 0 Å². The predicted octanol–water partition coefficient (Wildman–Crippen LogP) is 22.5. The van der Waals surface area contributed by atoms with Crippen molar-refractivity contribution >= 4 is 11.9 Å². The average molecular weight is 1080 g/mol. The van der Waals surface area contributed by atoms with Crippen LogP contribution in [0.3, 0.4) is 0 Å². The highest BCUT2D eigenvalue weighted by atomic mass is 16.5. The first-order valence-corrected chi connectivity index (χ1v) is 35.1. The van der Waals surface area contributed by atoms with Crippen LogP contribution in [-0.4, -0.2) is 47.4 Å². The lowest BCUT2D eigenvalue weighted by molar-refractivity contribution is -0.143. The molecule has 0 aliphatic heterocycles. The number of esters is 1. The maximum Gasteiger partial charge on any atom is 0.305 e. The van der Waals surface area contributed by atoms with Crippen LogP contribution >= 0.6 is 0 Å². The van der Waals surface area contributed by atoms with Crippen LogP contribution in [-0.2, 0) is 14.3 Å². The summed E-state index contributed by atoms with van der Waals surface area (Å²) in [5.41, 5.74) is 0. The van der Waals surface area contributed by atoms with Crippen LogP contribution < -0.4 is 5.32 Å². The lowest BCUT2D eigenvalue weighted by atomic mass is 10.0. The van der Waals surface area contributed by atoms with Crippen molar-refractivity contribution in [3.05, 3.63) is 24.3 Å². The minimum absolute atomic E-state index is 0.0158. The number of aliphatic hydroxyl groups excluding tert-OH is 2. The standard InChI is InChI=1S/C71H137NO5/c1-3-5-7-9-11-13-15-16-17-18-19-28-31-34-37-40-44-47-51-55-59-63-69(74)68(67-73)72-70(75)64-60-56-52-48-45-41-38-35-32-29-26-24-22-20-21-23-25-27-30-33-36-39-42-46-50-54-58-62-66-77-71(76)65-61-57-53-49-43-14-12-10-8-6-4-2/h20-21,59,63,68-69,73-74H,3-19,22-58,60-62,64-67H2,1-2H3,(H,72,75)/b21-20-,63-59+. The third-order valence-corrected chi connectivity index (χ3v) is 16.5. The number of carbonyl (C=O) groups excluding carboxylic acids is 2. The van der Waals surface area contributed by atoms with Crippen molar-refractivity contribution in [2.45, 2.75) is 405 Å². The highest BCUT2D eigenvalue weighted by molar-refractivity contribution is 5.76. The summed E-state index contributed by atoms with van der Waals surface area (Å²) in [6.45, 7) is 4.94. The molecule has 0 saturated carbocycles. The zero-order valence-corrected chi connectivity index (χ0v) is 52.2. The first kappa shape index (κ1) is 75.3. The van der Waals surface area contributed by atoms with Crippen LogP contribution in [0.15, 0.2) is 24.3 Å². The van der Waals surface area contributed by atoms with Crippen molar-refractivity contribution in [1.82, 2.24) is 5.32 Å². The molecule has 0 aromatic rings. The molecule has 0 radical (unpaired) electrons. The van der Waals surface area contributed by atoms with E-state index in [0.29, 0.717) is 19.4 Å². The second-order valence-electron chi connectivity index (χ2n) is 24.2. The van der Waals surface area contributed by atoms with Crippen LogP contribution in [0.1, 0.15) is 393 Å². The summed E-state index contributed by atoms with van der Waals surface area (Å²) in [4.78, 5) is 24.5. The van der Waals surface area contributed by atoms with E-state index in [1.54, 1.807) is 6.08 Å². The molecule has 0 heterocycles. The number of aliphatic hydroxyl groups is 2. The van der Waals surface area contributed by atoms with Gasteiger partial charge in [-0.25, -0.2) is 0 Å². The van der Waals surface area contributed by atoms with Gasteiger partial charge in [-0.3, -0.25) is 9.59 Å². The summed E-state index contributed by atoms with van der Waals surface area (Å²) in [5, 5.41) is 23.2. The Kier molecular flexibility index (Phi) is 65.4. The number of rotatable bonds is 66. The molecule has 0 saturated heterocycles. The van der Waals surface area contributed by atoms with Crippen molar-refractivity contribution in [2.24, 2.45) is 0 Å². The van der Waals surface area contributed by atoms with E-state index in [-0.39, 0.29) is 18.5 Å². The Hall–Kier alpha value is -1.66. The summed E-state index contributed by atoms with van der Waals surface area (Å²) < 4.78 is 5.47. The SMILES string of the molecule is CCCCCCCCCCCCCCCCCCCCC/C=C/C(O)C(CO)NC(=O)CCCCCCCCCCCCCC/C=C\CCCCCCCCCCCCCCOC(=O)CCCCCCCCCCCCC. The van der Waals surface area contributed by atoms with Gasteiger partial charge < -0.3 is 20.3 Å². The molecule has 0 rings (SSSR count). The van der Waals surface area contributed by atoms with Gasteiger partial charge in [0.1, 0.15) is 0 Å². The molecule has 0 aliphatic carbocycles. The van der Waals surface area contributed by atoms with Crippen LogP contribution in [0.2, 0.25) is 0 Å². The molecule has 3 N–H and O–H groups in total. The maximum absolute atomic E-state index is 12.5. The van der Waals surface area contributed by atoms with Crippen LogP contribution in [0.25, 0.3) is 0 Å². The van der Waals surface area contributed by atoms with Gasteiger partial charge in [0, 0.05) is 12.8 Å². The normalized spacial score (nSPS) is 12.6. The van der Waals surface area contributed by atoms with Gasteiger partial charge in [-0.15, -0.1) is 0 Å². The molecule has 77 heavy (non-hydrogen) atoms. The van der Waals surface area contributed by atoms with Gasteiger partial charge in [0.05, 0.1) is 25.4 Å².